The minimum Gasteiger partial charge on any atom is -0.320 e. The standard InChI is InChI=1S/C18H15ClN4O/c1-11-7-13(3-5-20-11)14-8-12(2)22-16(9-14)18(24)23-15-4-6-21-17(19)10-15/h3-10H,1-2H3,(H,21,23,24). The molecule has 24 heavy (non-hydrogen) atoms. The third-order valence-corrected chi connectivity index (χ3v) is 3.61. The highest BCUT2D eigenvalue weighted by Crippen LogP contribution is 2.22. The number of nitrogens with one attached hydrogen (secondary N) is 1. The Balaban J connectivity index is 1.92. The Bertz CT molecular complexity index is 911. The fraction of sp³-hybridized carbons (Fsp3) is 0.111. The van der Waals surface area contributed by atoms with Crippen molar-refractivity contribution in [3.8, 4) is 11.1 Å². The molecule has 0 aliphatic rings. The molecule has 0 spiro atoms. The highest BCUT2D eigenvalue weighted by Gasteiger charge is 2.11. The molecule has 1 amide bonds. The molecule has 0 aliphatic carbocycles. The maximum Gasteiger partial charge on any atom is 0.274 e. The number of rotatable bonds is 3. The maximum absolute atomic E-state index is 12.5. The lowest BCUT2D eigenvalue weighted by Gasteiger charge is -2.09. The summed E-state index contributed by atoms with van der Waals surface area (Å²) < 4.78 is 0. The van der Waals surface area contributed by atoms with Gasteiger partial charge in [0, 0.05) is 29.5 Å². The molecule has 0 radical (unpaired) electrons. The summed E-state index contributed by atoms with van der Waals surface area (Å²) >= 11 is 5.84. The van der Waals surface area contributed by atoms with Gasteiger partial charge in [0.05, 0.1) is 0 Å². The number of pyridine rings is 3. The highest BCUT2D eigenvalue weighted by atomic mass is 35.5. The van der Waals surface area contributed by atoms with Gasteiger partial charge in [0.25, 0.3) is 5.91 Å². The third kappa shape index (κ3) is 3.75. The predicted octanol–water partition coefficient (Wildman–Crippen LogP) is 4.06. The minimum absolute atomic E-state index is 0.298. The normalized spacial score (nSPS) is 10.5. The zero-order valence-corrected chi connectivity index (χ0v) is 14.0. The molecule has 1 N–H and O–H groups in total. The lowest BCUT2D eigenvalue weighted by Crippen LogP contribution is -2.14. The number of aromatic nitrogens is 3. The number of anilines is 1. The van der Waals surface area contributed by atoms with E-state index in [1.54, 1.807) is 24.4 Å². The summed E-state index contributed by atoms with van der Waals surface area (Å²) in [6.45, 7) is 3.79. The second kappa shape index (κ2) is 6.76. The van der Waals surface area contributed by atoms with E-state index in [1.807, 2.05) is 32.0 Å². The van der Waals surface area contributed by atoms with Crippen LogP contribution in [0.3, 0.4) is 0 Å². The van der Waals surface area contributed by atoms with E-state index < -0.39 is 0 Å². The zero-order chi connectivity index (χ0) is 17.1. The Morgan fingerprint density at radius 2 is 1.71 bits per heavy atom. The van der Waals surface area contributed by atoms with Crippen molar-refractivity contribution in [1.82, 2.24) is 15.0 Å². The van der Waals surface area contributed by atoms with Crippen LogP contribution >= 0.6 is 11.6 Å². The number of carbonyl (C=O) groups excluding carboxylic acids is 1. The zero-order valence-electron chi connectivity index (χ0n) is 13.2. The summed E-state index contributed by atoms with van der Waals surface area (Å²) in [6, 6.07) is 10.8. The molecular weight excluding hydrogens is 324 g/mol. The Labute approximate surface area is 144 Å². The van der Waals surface area contributed by atoms with E-state index in [9.17, 15) is 4.79 Å². The maximum atomic E-state index is 12.5. The predicted molar refractivity (Wildman–Crippen MR) is 94.1 cm³/mol. The van der Waals surface area contributed by atoms with Crippen LogP contribution in [0.2, 0.25) is 5.15 Å². The second-order valence-corrected chi connectivity index (χ2v) is 5.78. The molecule has 3 aromatic heterocycles. The fourth-order valence-corrected chi connectivity index (χ4v) is 2.53. The van der Waals surface area contributed by atoms with Gasteiger partial charge < -0.3 is 5.32 Å². The number of hydrogen-bond donors (Lipinski definition) is 1. The van der Waals surface area contributed by atoms with Crippen LogP contribution in [0.4, 0.5) is 5.69 Å². The van der Waals surface area contributed by atoms with Gasteiger partial charge >= 0.3 is 0 Å². The molecule has 0 bridgehead atoms. The van der Waals surface area contributed by atoms with E-state index in [0.717, 1.165) is 22.5 Å². The highest BCUT2D eigenvalue weighted by molar-refractivity contribution is 6.29. The van der Waals surface area contributed by atoms with Crippen molar-refractivity contribution in [2.45, 2.75) is 13.8 Å². The Morgan fingerprint density at radius 1 is 0.958 bits per heavy atom. The molecule has 3 rings (SSSR count). The van der Waals surface area contributed by atoms with Crippen LogP contribution in [-0.2, 0) is 0 Å². The van der Waals surface area contributed by atoms with Gasteiger partial charge in [-0.25, -0.2) is 9.97 Å². The third-order valence-electron chi connectivity index (χ3n) is 3.40. The molecule has 0 saturated carbocycles. The Hall–Kier alpha value is -2.79. The van der Waals surface area contributed by atoms with E-state index in [2.05, 4.69) is 20.3 Å². The van der Waals surface area contributed by atoms with Crippen molar-refractivity contribution in [2.75, 3.05) is 5.32 Å². The molecule has 0 unspecified atom stereocenters. The largest absolute Gasteiger partial charge is 0.320 e. The van der Waals surface area contributed by atoms with Crippen molar-refractivity contribution in [1.29, 1.82) is 0 Å². The van der Waals surface area contributed by atoms with Gasteiger partial charge in [-0.3, -0.25) is 9.78 Å². The summed E-state index contributed by atoms with van der Waals surface area (Å²) in [5.41, 5.74) is 4.51. The molecule has 0 aliphatic heterocycles. The molecule has 0 fully saturated rings. The van der Waals surface area contributed by atoms with E-state index in [4.69, 9.17) is 11.6 Å². The smallest absolute Gasteiger partial charge is 0.274 e. The van der Waals surface area contributed by atoms with Crippen LogP contribution in [0, 0.1) is 13.8 Å². The van der Waals surface area contributed by atoms with Crippen molar-refractivity contribution >= 4 is 23.2 Å². The molecule has 120 valence electrons. The van der Waals surface area contributed by atoms with Gasteiger partial charge in [-0.15, -0.1) is 0 Å². The summed E-state index contributed by atoms with van der Waals surface area (Å²) in [4.78, 5) is 24.9. The molecule has 5 nitrogen and oxygen atoms in total. The van der Waals surface area contributed by atoms with Crippen molar-refractivity contribution < 1.29 is 4.79 Å². The molecule has 6 heteroatoms. The first-order valence-electron chi connectivity index (χ1n) is 7.36. The molecule has 3 aromatic rings. The van der Waals surface area contributed by atoms with Gasteiger partial charge in [-0.2, -0.15) is 0 Å². The Kier molecular flexibility index (Phi) is 4.53. The first kappa shape index (κ1) is 16.1. The lowest BCUT2D eigenvalue weighted by molar-refractivity contribution is 0.102. The first-order valence-corrected chi connectivity index (χ1v) is 7.74. The molecular formula is C18H15ClN4O. The van der Waals surface area contributed by atoms with Crippen LogP contribution in [0.25, 0.3) is 11.1 Å². The topological polar surface area (TPSA) is 67.8 Å². The van der Waals surface area contributed by atoms with Gasteiger partial charge in [-0.05, 0) is 61.4 Å². The minimum atomic E-state index is -0.298. The molecule has 0 aromatic carbocycles. The molecule has 0 saturated heterocycles. The van der Waals surface area contributed by atoms with Crippen LogP contribution in [-0.4, -0.2) is 20.9 Å². The van der Waals surface area contributed by atoms with Crippen LogP contribution in [0.5, 0.6) is 0 Å². The average molecular weight is 339 g/mol. The average Bonchev–Trinajstić information content (AvgIpc) is 2.54. The Morgan fingerprint density at radius 3 is 2.46 bits per heavy atom. The molecule has 0 atom stereocenters. The number of carbonyl (C=O) groups is 1. The monoisotopic (exact) mass is 338 g/mol. The van der Waals surface area contributed by atoms with E-state index >= 15 is 0 Å². The van der Waals surface area contributed by atoms with Gasteiger partial charge in [0.2, 0.25) is 0 Å². The van der Waals surface area contributed by atoms with Crippen LogP contribution in [0.15, 0.2) is 48.8 Å². The first-order chi connectivity index (χ1) is 11.5. The van der Waals surface area contributed by atoms with Gasteiger partial charge in [-0.1, -0.05) is 11.6 Å². The number of aryl methyl sites for hydroxylation is 2. The van der Waals surface area contributed by atoms with E-state index in [-0.39, 0.29) is 5.91 Å². The SMILES string of the molecule is Cc1cc(-c2cc(C)nc(C(=O)Nc3ccnc(Cl)c3)c2)ccn1. The lowest BCUT2D eigenvalue weighted by atomic mass is 10.1. The van der Waals surface area contributed by atoms with Gasteiger partial charge in [0.15, 0.2) is 0 Å². The summed E-state index contributed by atoms with van der Waals surface area (Å²) in [5.74, 6) is -0.298. The molecule has 3 heterocycles. The second-order valence-electron chi connectivity index (χ2n) is 5.39. The van der Waals surface area contributed by atoms with Crippen LogP contribution in [0.1, 0.15) is 21.9 Å². The van der Waals surface area contributed by atoms with Crippen molar-refractivity contribution in [3.05, 3.63) is 71.0 Å². The van der Waals surface area contributed by atoms with E-state index in [0.29, 0.717) is 16.5 Å². The summed E-state index contributed by atoms with van der Waals surface area (Å²) in [5, 5.41) is 3.10. The summed E-state index contributed by atoms with van der Waals surface area (Å²) in [6.07, 6.45) is 3.28. The number of nitrogens with zero attached hydrogens (tertiary/aromatic N) is 3. The number of halogens is 1. The fourth-order valence-electron chi connectivity index (χ4n) is 2.35. The summed E-state index contributed by atoms with van der Waals surface area (Å²) in [7, 11) is 0. The van der Waals surface area contributed by atoms with E-state index in [1.165, 1.54) is 6.20 Å². The number of hydrogen-bond acceptors (Lipinski definition) is 4. The van der Waals surface area contributed by atoms with Crippen molar-refractivity contribution in [2.24, 2.45) is 0 Å². The van der Waals surface area contributed by atoms with Crippen molar-refractivity contribution in [3.63, 3.8) is 0 Å². The van der Waals surface area contributed by atoms with Gasteiger partial charge in [0.1, 0.15) is 10.8 Å². The van der Waals surface area contributed by atoms with Crippen LogP contribution < -0.4 is 5.32 Å². The quantitative estimate of drug-likeness (QED) is 0.731. The number of amides is 1.